The highest BCUT2D eigenvalue weighted by Crippen LogP contribution is 2.29. The number of ether oxygens (including phenoxy) is 1. The van der Waals surface area contributed by atoms with E-state index < -0.39 is 0 Å². The molecule has 1 atom stereocenters. The van der Waals surface area contributed by atoms with E-state index in [4.69, 9.17) is 4.74 Å². The first-order chi connectivity index (χ1) is 9.27. The van der Waals surface area contributed by atoms with Crippen molar-refractivity contribution < 1.29 is 9.53 Å². The Morgan fingerprint density at radius 1 is 1.25 bits per heavy atom. The van der Waals surface area contributed by atoms with Crippen molar-refractivity contribution in [2.24, 2.45) is 0 Å². The third kappa shape index (κ3) is 3.19. The Kier molecular flexibility index (Phi) is 3.85. The molecule has 1 aromatic carbocycles. The van der Waals surface area contributed by atoms with E-state index in [0.717, 1.165) is 11.1 Å². The van der Waals surface area contributed by atoms with Gasteiger partial charge in [-0.2, -0.15) is 0 Å². The summed E-state index contributed by atoms with van der Waals surface area (Å²) in [7, 11) is 0. The maximum Gasteiger partial charge on any atom is 0.339 e. The molecule has 0 bridgehead atoms. The number of cyclic esters (lactones) is 1. The van der Waals surface area contributed by atoms with Gasteiger partial charge in [0.1, 0.15) is 6.10 Å². The molecule has 0 saturated carbocycles. The summed E-state index contributed by atoms with van der Waals surface area (Å²) < 4.78 is 5.34. The number of hydrogen-bond donors (Lipinski definition) is 0. The van der Waals surface area contributed by atoms with Gasteiger partial charge >= 0.3 is 5.97 Å². The zero-order valence-electron chi connectivity index (χ0n) is 12.7. The SMILES string of the molecule is C=C(C)C[C@@H]1C=C(c2ccc(C(C)(C)C)cc2)C(=O)O1. The molecule has 1 heterocycles. The van der Waals surface area contributed by atoms with Gasteiger partial charge in [-0.25, -0.2) is 4.79 Å². The van der Waals surface area contributed by atoms with Gasteiger partial charge in [0, 0.05) is 6.42 Å². The first-order valence-corrected chi connectivity index (χ1v) is 6.95. The van der Waals surface area contributed by atoms with Crippen molar-refractivity contribution in [3.63, 3.8) is 0 Å². The lowest BCUT2D eigenvalue weighted by atomic mass is 9.86. The van der Waals surface area contributed by atoms with Crippen molar-refractivity contribution in [2.45, 2.75) is 45.6 Å². The van der Waals surface area contributed by atoms with Crippen LogP contribution in [0.3, 0.4) is 0 Å². The molecule has 0 spiro atoms. The summed E-state index contributed by atoms with van der Waals surface area (Å²) >= 11 is 0. The fourth-order valence-corrected chi connectivity index (χ4v) is 2.30. The van der Waals surface area contributed by atoms with Crippen LogP contribution in [0.1, 0.15) is 45.2 Å². The van der Waals surface area contributed by atoms with Gasteiger partial charge in [-0.3, -0.25) is 0 Å². The quantitative estimate of drug-likeness (QED) is 0.606. The average molecular weight is 270 g/mol. The van der Waals surface area contributed by atoms with Gasteiger partial charge in [0.05, 0.1) is 5.57 Å². The predicted octanol–water partition coefficient (Wildman–Crippen LogP) is 4.26. The molecule has 2 heteroatoms. The van der Waals surface area contributed by atoms with Gasteiger partial charge in [0.15, 0.2) is 0 Å². The molecule has 0 radical (unpaired) electrons. The molecule has 0 N–H and O–H groups in total. The summed E-state index contributed by atoms with van der Waals surface area (Å²) in [6, 6.07) is 8.15. The molecule has 0 saturated heterocycles. The van der Waals surface area contributed by atoms with Gasteiger partial charge in [-0.1, -0.05) is 57.2 Å². The minimum atomic E-state index is -0.236. The zero-order valence-corrected chi connectivity index (χ0v) is 12.7. The molecule has 2 rings (SSSR count). The maximum absolute atomic E-state index is 11.9. The van der Waals surface area contributed by atoms with Gasteiger partial charge < -0.3 is 4.74 Å². The van der Waals surface area contributed by atoms with E-state index >= 15 is 0 Å². The molecule has 106 valence electrons. The highest BCUT2D eigenvalue weighted by molar-refractivity contribution is 6.18. The Hall–Kier alpha value is -1.83. The second-order valence-corrected chi connectivity index (χ2v) is 6.51. The zero-order chi connectivity index (χ0) is 14.9. The summed E-state index contributed by atoms with van der Waals surface area (Å²) in [5.74, 6) is -0.236. The first-order valence-electron chi connectivity index (χ1n) is 6.95. The third-order valence-electron chi connectivity index (χ3n) is 3.44. The van der Waals surface area contributed by atoms with Crippen LogP contribution in [0.25, 0.3) is 5.57 Å². The summed E-state index contributed by atoms with van der Waals surface area (Å²) in [6.07, 6.45) is 2.43. The van der Waals surface area contributed by atoms with Gasteiger partial charge in [-0.15, -0.1) is 0 Å². The maximum atomic E-state index is 11.9. The standard InChI is InChI=1S/C18H22O2/c1-12(2)10-15-11-16(17(19)20-15)13-6-8-14(9-7-13)18(3,4)5/h6-9,11,15H,1,10H2,2-5H3/t15-/m1/s1. The van der Waals surface area contributed by atoms with E-state index in [1.165, 1.54) is 5.56 Å². The highest BCUT2D eigenvalue weighted by atomic mass is 16.5. The Morgan fingerprint density at radius 3 is 2.35 bits per heavy atom. The molecule has 0 amide bonds. The summed E-state index contributed by atoms with van der Waals surface area (Å²) in [5.41, 5.74) is 3.98. The number of rotatable bonds is 3. The lowest BCUT2D eigenvalue weighted by Crippen LogP contribution is -2.11. The van der Waals surface area contributed by atoms with Crippen LogP contribution in [0.2, 0.25) is 0 Å². The largest absolute Gasteiger partial charge is 0.454 e. The summed E-state index contributed by atoms with van der Waals surface area (Å²) in [5, 5.41) is 0. The van der Waals surface area contributed by atoms with Crippen molar-refractivity contribution in [3.05, 3.63) is 53.6 Å². The first kappa shape index (κ1) is 14.6. The molecule has 0 aliphatic carbocycles. The van der Waals surface area contributed by atoms with Crippen molar-refractivity contribution in [2.75, 3.05) is 0 Å². The van der Waals surface area contributed by atoms with Crippen LogP contribution in [0.4, 0.5) is 0 Å². The van der Waals surface area contributed by atoms with Crippen LogP contribution in [0, 0.1) is 0 Å². The predicted molar refractivity (Wildman–Crippen MR) is 82.4 cm³/mol. The lowest BCUT2D eigenvalue weighted by Gasteiger charge is -2.19. The Bertz CT molecular complexity index is 556. The monoisotopic (exact) mass is 270 g/mol. The Balaban J connectivity index is 2.23. The minimum absolute atomic E-state index is 0.117. The van der Waals surface area contributed by atoms with Crippen LogP contribution in [-0.4, -0.2) is 12.1 Å². The van der Waals surface area contributed by atoms with Gasteiger partial charge in [-0.05, 0) is 29.5 Å². The summed E-state index contributed by atoms with van der Waals surface area (Å²) in [4.78, 5) is 11.9. The van der Waals surface area contributed by atoms with E-state index in [1.807, 2.05) is 25.1 Å². The fraction of sp³-hybridized carbons (Fsp3) is 0.389. The minimum Gasteiger partial charge on any atom is -0.454 e. The van der Waals surface area contributed by atoms with Crippen LogP contribution in [-0.2, 0) is 14.9 Å². The van der Waals surface area contributed by atoms with Crippen LogP contribution in [0.5, 0.6) is 0 Å². The van der Waals surface area contributed by atoms with Crippen LogP contribution >= 0.6 is 0 Å². The molecule has 0 aromatic heterocycles. The smallest absolute Gasteiger partial charge is 0.339 e. The molecule has 0 fully saturated rings. The van der Waals surface area contributed by atoms with Gasteiger partial charge in [0.2, 0.25) is 0 Å². The van der Waals surface area contributed by atoms with E-state index in [-0.39, 0.29) is 17.5 Å². The van der Waals surface area contributed by atoms with E-state index in [1.54, 1.807) is 0 Å². The molecule has 1 aromatic rings. The van der Waals surface area contributed by atoms with Crippen LogP contribution < -0.4 is 0 Å². The number of esters is 1. The molecule has 0 unspecified atom stereocenters. The number of hydrogen-bond acceptors (Lipinski definition) is 2. The van der Waals surface area contributed by atoms with Gasteiger partial charge in [0.25, 0.3) is 0 Å². The Morgan fingerprint density at radius 2 is 1.85 bits per heavy atom. The van der Waals surface area contributed by atoms with Crippen molar-refractivity contribution in [1.29, 1.82) is 0 Å². The van der Waals surface area contributed by atoms with E-state index in [0.29, 0.717) is 12.0 Å². The number of carbonyl (C=O) groups is 1. The van der Waals surface area contributed by atoms with Crippen molar-refractivity contribution in [1.82, 2.24) is 0 Å². The van der Waals surface area contributed by atoms with E-state index in [9.17, 15) is 4.79 Å². The third-order valence-corrected chi connectivity index (χ3v) is 3.44. The molecule has 20 heavy (non-hydrogen) atoms. The highest BCUT2D eigenvalue weighted by Gasteiger charge is 2.26. The second-order valence-electron chi connectivity index (χ2n) is 6.51. The molecule has 1 aliphatic rings. The topological polar surface area (TPSA) is 26.3 Å². The Labute approximate surface area is 121 Å². The van der Waals surface area contributed by atoms with Crippen LogP contribution in [0.15, 0.2) is 42.5 Å². The second kappa shape index (κ2) is 5.28. The fourth-order valence-electron chi connectivity index (χ4n) is 2.30. The molecule has 2 nitrogen and oxygen atoms in total. The van der Waals surface area contributed by atoms with Crippen molar-refractivity contribution in [3.8, 4) is 0 Å². The molecular formula is C18H22O2. The van der Waals surface area contributed by atoms with E-state index in [2.05, 4.69) is 39.5 Å². The molecule has 1 aliphatic heterocycles. The average Bonchev–Trinajstić information content (AvgIpc) is 2.68. The normalized spacial score (nSPS) is 18.7. The summed E-state index contributed by atoms with van der Waals surface area (Å²) in [6.45, 7) is 12.3. The number of carbonyl (C=O) groups excluding carboxylic acids is 1. The van der Waals surface area contributed by atoms with Crippen molar-refractivity contribution >= 4 is 11.5 Å². The lowest BCUT2D eigenvalue weighted by molar-refractivity contribution is -0.137. The molecular weight excluding hydrogens is 248 g/mol. The number of benzene rings is 1.